The third kappa shape index (κ3) is 3.15. The topological polar surface area (TPSA) is 44.8 Å². The molecule has 2 unspecified atom stereocenters. The Bertz CT molecular complexity index is 738. The second kappa shape index (κ2) is 7.05. The van der Waals surface area contributed by atoms with E-state index in [9.17, 15) is 4.79 Å². The van der Waals surface area contributed by atoms with E-state index in [2.05, 4.69) is 6.07 Å². The summed E-state index contributed by atoms with van der Waals surface area (Å²) in [6.07, 6.45) is 1.13. The average Bonchev–Trinajstić information content (AvgIpc) is 2.61. The lowest BCUT2D eigenvalue weighted by Crippen LogP contribution is -2.39. The lowest BCUT2D eigenvalue weighted by molar-refractivity contribution is 0.0361. The average molecular weight is 326 g/mol. The van der Waals surface area contributed by atoms with Crippen LogP contribution in [0, 0.1) is 5.92 Å². The van der Waals surface area contributed by atoms with Crippen LogP contribution in [0.3, 0.4) is 0 Å². The maximum atomic E-state index is 12.8. The summed E-state index contributed by atoms with van der Waals surface area (Å²) in [6.45, 7) is 0. The molecule has 0 heterocycles. The summed E-state index contributed by atoms with van der Waals surface area (Å²) in [7, 11) is 4.90. The first-order chi connectivity index (χ1) is 11.7. The number of carbonyl (C=O) groups is 1. The molecule has 0 saturated heterocycles. The normalized spacial score (nSPS) is 19.7. The molecule has 4 heteroatoms. The zero-order valence-corrected chi connectivity index (χ0v) is 14.2. The Balaban J connectivity index is 1.90. The Hall–Kier alpha value is -2.33. The van der Waals surface area contributed by atoms with Crippen molar-refractivity contribution in [2.24, 2.45) is 5.92 Å². The minimum absolute atomic E-state index is 0.0503. The fourth-order valence-electron chi connectivity index (χ4n) is 3.44. The largest absolute Gasteiger partial charge is 0.497 e. The van der Waals surface area contributed by atoms with Gasteiger partial charge in [0.15, 0.2) is 5.78 Å². The summed E-state index contributed by atoms with van der Waals surface area (Å²) in [4.78, 5) is 12.8. The second-order valence-electron chi connectivity index (χ2n) is 6.06. The van der Waals surface area contributed by atoms with Crippen LogP contribution < -0.4 is 9.47 Å². The van der Waals surface area contributed by atoms with E-state index in [-0.39, 0.29) is 11.7 Å². The number of methoxy groups -OCH3 is 3. The summed E-state index contributed by atoms with van der Waals surface area (Å²) in [5.74, 6) is 1.74. The van der Waals surface area contributed by atoms with Crippen molar-refractivity contribution in [1.82, 2.24) is 0 Å². The van der Waals surface area contributed by atoms with Gasteiger partial charge < -0.3 is 14.2 Å². The molecule has 0 saturated carbocycles. The maximum Gasteiger partial charge on any atom is 0.192 e. The molecule has 0 bridgehead atoms. The monoisotopic (exact) mass is 326 g/mol. The molecule has 1 aliphatic carbocycles. The molecule has 0 fully saturated rings. The van der Waals surface area contributed by atoms with Gasteiger partial charge in [-0.3, -0.25) is 4.79 Å². The van der Waals surface area contributed by atoms with Crippen LogP contribution >= 0.6 is 0 Å². The van der Waals surface area contributed by atoms with Gasteiger partial charge in [-0.05, 0) is 54.3 Å². The fraction of sp³-hybridized carbons (Fsp3) is 0.350. The number of fused-ring (bicyclic) bond motifs is 1. The maximum absolute atomic E-state index is 12.8. The Labute approximate surface area is 142 Å². The number of ether oxygens (including phenoxy) is 3. The molecule has 126 valence electrons. The molecule has 0 spiro atoms. The van der Waals surface area contributed by atoms with Crippen molar-refractivity contribution in [3.05, 3.63) is 59.2 Å². The summed E-state index contributed by atoms with van der Waals surface area (Å²) >= 11 is 0. The van der Waals surface area contributed by atoms with Gasteiger partial charge in [-0.1, -0.05) is 12.1 Å². The number of Topliss-reactive ketones (excluding diaryl/α,β-unsaturated/α-hetero) is 1. The molecular formula is C20H22O4. The van der Waals surface area contributed by atoms with Gasteiger partial charge in [0.05, 0.1) is 14.2 Å². The molecule has 2 aromatic carbocycles. The molecule has 0 radical (unpaired) electrons. The minimum Gasteiger partial charge on any atom is -0.497 e. The number of hydrogen-bond acceptors (Lipinski definition) is 4. The van der Waals surface area contributed by atoms with Gasteiger partial charge in [0.25, 0.3) is 0 Å². The van der Waals surface area contributed by atoms with Crippen molar-refractivity contribution < 1.29 is 19.0 Å². The van der Waals surface area contributed by atoms with Crippen molar-refractivity contribution in [3.8, 4) is 11.5 Å². The Morgan fingerprint density at radius 1 is 1.00 bits per heavy atom. The molecular weight excluding hydrogens is 304 g/mol. The van der Waals surface area contributed by atoms with Crippen LogP contribution in [0.15, 0.2) is 42.5 Å². The Morgan fingerprint density at radius 3 is 2.46 bits per heavy atom. The zero-order valence-electron chi connectivity index (χ0n) is 14.2. The van der Waals surface area contributed by atoms with Crippen molar-refractivity contribution >= 4 is 5.78 Å². The van der Waals surface area contributed by atoms with Crippen LogP contribution in [0.5, 0.6) is 11.5 Å². The predicted octanol–water partition coefficient (Wildman–Crippen LogP) is 3.32. The van der Waals surface area contributed by atoms with E-state index < -0.39 is 6.10 Å². The van der Waals surface area contributed by atoms with E-state index >= 15 is 0 Å². The van der Waals surface area contributed by atoms with Gasteiger partial charge >= 0.3 is 0 Å². The summed E-state index contributed by atoms with van der Waals surface area (Å²) < 4.78 is 16.1. The molecule has 2 atom stereocenters. The second-order valence-corrected chi connectivity index (χ2v) is 6.06. The molecule has 0 amide bonds. The number of hydrogen-bond donors (Lipinski definition) is 0. The number of ketones is 1. The lowest BCUT2D eigenvalue weighted by Gasteiger charge is -2.31. The van der Waals surface area contributed by atoms with Crippen LogP contribution in [0.1, 0.15) is 21.5 Å². The smallest absolute Gasteiger partial charge is 0.192 e. The first-order valence-corrected chi connectivity index (χ1v) is 8.03. The van der Waals surface area contributed by atoms with E-state index in [0.717, 1.165) is 41.0 Å². The van der Waals surface area contributed by atoms with Crippen LogP contribution in [0.25, 0.3) is 0 Å². The van der Waals surface area contributed by atoms with Gasteiger partial charge in [-0.15, -0.1) is 0 Å². The van der Waals surface area contributed by atoms with Crippen LogP contribution in [-0.2, 0) is 17.6 Å². The predicted molar refractivity (Wildman–Crippen MR) is 92.0 cm³/mol. The van der Waals surface area contributed by atoms with Crippen molar-refractivity contribution in [1.29, 1.82) is 0 Å². The minimum atomic E-state index is -0.419. The molecule has 0 aromatic heterocycles. The Kier molecular flexibility index (Phi) is 4.86. The third-order valence-corrected chi connectivity index (χ3v) is 4.63. The molecule has 0 aliphatic heterocycles. The highest BCUT2D eigenvalue weighted by molar-refractivity contribution is 6.02. The fourth-order valence-corrected chi connectivity index (χ4v) is 3.44. The van der Waals surface area contributed by atoms with Crippen LogP contribution in [0.2, 0.25) is 0 Å². The molecule has 0 N–H and O–H groups in total. The third-order valence-electron chi connectivity index (χ3n) is 4.63. The standard InChI is InChI=1S/C20H22O4/c1-22-16-6-4-5-13(10-16)9-15-11-14-12-17(23-2)7-8-18(14)19(21)20(15)24-3/h4-8,10,12,15,20H,9,11H2,1-3H3. The first-order valence-electron chi connectivity index (χ1n) is 8.03. The van der Waals surface area contributed by atoms with Gasteiger partial charge in [-0.2, -0.15) is 0 Å². The van der Waals surface area contributed by atoms with E-state index in [1.54, 1.807) is 21.3 Å². The van der Waals surface area contributed by atoms with Crippen molar-refractivity contribution in [2.45, 2.75) is 18.9 Å². The highest BCUT2D eigenvalue weighted by atomic mass is 16.5. The van der Waals surface area contributed by atoms with Crippen molar-refractivity contribution in [2.75, 3.05) is 21.3 Å². The van der Waals surface area contributed by atoms with Crippen LogP contribution in [0.4, 0.5) is 0 Å². The van der Waals surface area contributed by atoms with Crippen molar-refractivity contribution in [3.63, 3.8) is 0 Å². The number of benzene rings is 2. The zero-order chi connectivity index (χ0) is 17.1. The summed E-state index contributed by atoms with van der Waals surface area (Å²) in [5.41, 5.74) is 2.91. The molecule has 2 aromatic rings. The highest BCUT2D eigenvalue weighted by Gasteiger charge is 2.35. The molecule has 1 aliphatic rings. The highest BCUT2D eigenvalue weighted by Crippen LogP contribution is 2.32. The summed E-state index contributed by atoms with van der Waals surface area (Å²) in [5, 5.41) is 0. The van der Waals surface area contributed by atoms with Gasteiger partial charge in [0.2, 0.25) is 0 Å². The number of rotatable bonds is 5. The van der Waals surface area contributed by atoms with E-state index in [4.69, 9.17) is 14.2 Å². The van der Waals surface area contributed by atoms with Crippen LogP contribution in [-0.4, -0.2) is 33.2 Å². The molecule has 3 rings (SSSR count). The van der Waals surface area contributed by atoms with Gasteiger partial charge in [0, 0.05) is 18.6 Å². The number of carbonyl (C=O) groups excluding carboxylic acids is 1. The molecule has 4 nitrogen and oxygen atoms in total. The van der Waals surface area contributed by atoms with Gasteiger partial charge in [0.1, 0.15) is 17.6 Å². The SMILES string of the molecule is COc1cccc(CC2Cc3cc(OC)ccc3C(=O)C2OC)c1. The van der Waals surface area contributed by atoms with Gasteiger partial charge in [-0.25, -0.2) is 0 Å². The van der Waals surface area contributed by atoms with E-state index in [0.29, 0.717) is 0 Å². The first kappa shape index (κ1) is 16.5. The van der Waals surface area contributed by atoms with E-state index in [1.165, 1.54) is 0 Å². The molecule has 24 heavy (non-hydrogen) atoms. The quantitative estimate of drug-likeness (QED) is 0.845. The lowest BCUT2D eigenvalue weighted by atomic mass is 9.78. The summed E-state index contributed by atoms with van der Waals surface area (Å²) in [6, 6.07) is 13.6. The van der Waals surface area contributed by atoms with E-state index in [1.807, 2.05) is 36.4 Å². The Morgan fingerprint density at radius 2 is 1.75 bits per heavy atom.